The molecule has 1 amide bonds. The molecule has 1 aliphatic heterocycles. The number of hydrogen-bond donors (Lipinski definition) is 2. The average Bonchev–Trinajstić information content (AvgIpc) is 2.60. The summed E-state index contributed by atoms with van der Waals surface area (Å²) in [6, 6.07) is -1.20. The summed E-state index contributed by atoms with van der Waals surface area (Å²) in [5, 5.41) is 17.4. The number of carbonyl (C=O) groups excluding carboxylic acids is 1. The van der Waals surface area contributed by atoms with Gasteiger partial charge in [0.15, 0.2) is 5.22 Å². The monoisotopic (exact) mass is 263 g/mol. The Hall–Kier alpha value is -1.76. The van der Waals surface area contributed by atoms with E-state index >= 15 is 0 Å². The van der Waals surface area contributed by atoms with E-state index in [-0.39, 0.29) is 23.8 Å². The predicted molar refractivity (Wildman–Crippen MR) is 55.4 cm³/mol. The second-order valence-corrected chi connectivity index (χ2v) is 3.78. The van der Waals surface area contributed by atoms with Crippen molar-refractivity contribution in [2.24, 2.45) is 0 Å². The third kappa shape index (κ3) is 3.10. The standard InChI is InChI=1S/C9H10ClNO6/c1-4(12)17-7(10)5-2-6(8(13)14)11(3-5)9(15)16/h6H,2-3H2,1H3,(H,13,14)(H,15,16)/b7-5+/t6-/m0/s1. The van der Waals surface area contributed by atoms with E-state index in [1.165, 1.54) is 0 Å². The van der Waals surface area contributed by atoms with Crippen molar-refractivity contribution in [1.29, 1.82) is 0 Å². The van der Waals surface area contributed by atoms with Crippen LogP contribution in [0.2, 0.25) is 0 Å². The van der Waals surface area contributed by atoms with Crippen LogP contribution in [-0.4, -0.2) is 45.7 Å². The summed E-state index contributed by atoms with van der Waals surface area (Å²) in [7, 11) is 0. The first-order valence-corrected chi connectivity index (χ1v) is 4.99. The molecule has 0 aromatic heterocycles. The highest BCUT2D eigenvalue weighted by Crippen LogP contribution is 2.27. The lowest BCUT2D eigenvalue weighted by Gasteiger charge is -2.16. The summed E-state index contributed by atoms with van der Waals surface area (Å²) in [5.41, 5.74) is 0.275. The summed E-state index contributed by atoms with van der Waals surface area (Å²) in [4.78, 5) is 33.0. The van der Waals surface area contributed by atoms with E-state index in [1.807, 2.05) is 0 Å². The van der Waals surface area contributed by atoms with E-state index in [0.717, 1.165) is 11.8 Å². The Bertz CT molecular complexity index is 380. The second-order valence-electron chi connectivity index (χ2n) is 3.44. The molecule has 1 aliphatic rings. The Morgan fingerprint density at radius 2 is 2.00 bits per heavy atom. The van der Waals surface area contributed by atoms with Gasteiger partial charge in [0.2, 0.25) is 0 Å². The maximum absolute atomic E-state index is 10.8. The molecule has 0 radical (unpaired) electrons. The number of esters is 1. The number of carboxylic acids is 1. The first kappa shape index (κ1) is 13.3. The SMILES string of the molecule is CC(=O)O/C(Cl)=C1\C[C@@H](C(=O)O)N(C(=O)O)C1. The average molecular weight is 264 g/mol. The van der Waals surface area contributed by atoms with Crippen LogP contribution in [0.3, 0.4) is 0 Å². The van der Waals surface area contributed by atoms with Gasteiger partial charge in [0.05, 0.1) is 6.54 Å². The quantitative estimate of drug-likeness (QED) is 0.565. The fourth-order valence-corrected chi connectivity index (χ4v) is 1.73. The molecule has 1 fully saturated rings. The topological polar surface area (TPSA) is 104 Å². The third-order valence-corrected chi connectivity index (χ3v) is 2.56. The lowest BCUT2D eigenvalue weighted by atomic mass is 10.2. The molecule has 0 aromatic carbocycles. The number of amides is 1. The zero-order valence-electron chi connectivity index (χ0n) is 8.84. The fourth-order valence-electron chi connectivity index (χ4n) is 1.49. The van der Waals surface area contributed by atoms with Crippen LogP contribution in [-0.2, 0) is 14.3 Å². The Balaban J connectivity index is 2.92. The summed E-state index contributed by atoms with van der Waals surface area (Å²) in [6.45, 7) is 0.958. The van der Waals surface area contributed by atoms with Crippen molar-refractivity contribution in [3.8, 4) is 0 Å². The van der Waals surface area contributed by atoms with Crippen molar-refractivity contribution in [2.45, 2.75) is 19.4 Å². The summed E-state index contributed by atoms with van der Waals surface area (Å²) in [6.07, 6.45) is -1.45. The van der Waals surface area contributed by atoms with Gasteiger partial charge in [-0.25, -0.2) is 9.59 Å². The van der Waals surface area contributed by atoms with E-state index in [1.54, 1.807) is 0 Å². The van der Waals surface area contributed by atoms with Crippen LogP contribution >= 0.6 is 11.6 Å². The molecule has 94 valence electrons. The third-order valence-electron chi connectivity index (χ3n) is 2.22. The van der Waals surface area contributed by atoms with E-state index < -0.39 is 24.1 Å². The number of ether oxygens (including phenoxy) is 1. The largest absolute Gasteiger partial charge is 0.480 e. The minimum Gasteiger partial charge on any atom is -0.480 e. The Labute approximate surface area is 101 Å². The van der Waals surface area contributed by atoms with Gasteiger partial charge in [-0.2, -0.15) is 0 Å². The van der Waals surface area contributed by atoms with E-state index in [9.17, 15) is 14.4 Å². The van der Waals surface area contributed by atoms with Crippen LogP contribution in [0.4, 0.5) is 4.79 Å². The van der Waals surface area contributed by atoms with Crippen LogP contribution in [0.5, 0.6) is 0 Å². The molecule has 1 atom stereocenters. The Kier molecular flexibility index (Phi) is 3.95. The van der Waals surface area contributed by atoms with Gasteiger partial charge in [-0.1, -0.05) is 0 Å². The molecule has 2 N–H and O–H groups in total. The van der Waals surface area contributed by atoms with Gasteiger partial charge in [-0.15, -0.1) is 0 Å². The maximum atomic E-state index is 10.8. The summed E-state index contributed by atoms with van der Waals surface area (Å²) >= 11 is 5.65. The minimum absolute atomic E-state index is 0.0895. The van der Waals surface area contributed by atoms with Gasteiger partial charge in [-0.3, -0.25) is 9.69 Å². The van der Waals surface area contributed by atoms with Crippen LogP contribution in [0.25, 0.3) is 0 Å². The lowest BCUT2D eigenvalue weighted by molar-refractivity contribution is -0.141. The van der Waals surface area contributed by atoms with Crippen molar-refractivity contribution in [3.05, 3.63) is 10.8 Å². The van der Waals surface area contributed by atoms with Gasteiger partial charge in [0, 0.05) is 18.9 Å². The van der Waals surface area contributed by atoms with Crippen molar-refractivity contribution in [2.75, 3.05) is 6.54 Å². The molecule has 0 spiro atoms. The molecule has 0 saturated carbocycles. The predicted octanol–water partition coefficient (Wildman–Crippen LogP) is 0.837. The Morgan fingerprint density at radius 1 is 1.41 bits per heavy atom. The molecule has 1 saturated heterocycles. The molecule has 0 aromatic rings. The van der Waals surface area contributed by atoms with Crippen molar-refractivity contribution in [3.63, 3.8) is 0 Å². The minimum atomic E-state index is -1.36. The molecule has 7 nitrogen and oxygen atoms in total. The molecule has 17 heavy (non-hydrogen) atoms. The zero-order valence-corrected chi connectivity index (χ0v) is 9.60. The highest BCUT2D eigenvalue weighted by atomic mass is 35.5. The molecule has 1 heterocycles. The molecular weight excluding hydrogens is 254 g/mol. The van der Waals surface area contributed by atoms with Gasteiger partial charge >= 0.3 is 18.0 Å². The second kappa shape index (κ2) is 5.05. The summed E-state index contributed by atoms with van der Waals surface area (Å²) in [5.74, 6) is -1.92. The molecule has 1 rings (SSSR count). The van der Waals surface area contributed by atoms with E-state index in [0.29, 0.717) is 0 Å². The number of nitrogens with zero attached hydrogens (tertiary/aromatic N) is 1. The van der Waals surface area contributed by atoms with Crippen molar-refractivity contribution < 1.29 is 29.3 Å². The number of hydrogen-bond acceptors (Lipinski definition) is 4. The van der Waals surface area contributed by atoms with Gasteiger partial charge in [0.1, 0.15) is 6.04 Å². The molecule has 0 unspecified atom stereocenters. The van der Waals surface area contributed by atoms with E-state index in [2.05, 4.69) is 4.74 Å². The van der Waals surface area contributed by atoms with E-state index in [4.69, 9.17) is 21.8 Å². The summed E-state index contributed by atoms with van der Waals surface area (Å²) < 4.78 is 4.58. The number of aliphatic carboxylic acids is 1. The molecular formula is C9H10ClNO6. The van der Waals surface area contributed by atoms with Crippen LogP contribution < -0.4 is 0 Å². The van der Waals surface area contributed by atoms with Crippen LogP contribution in [0, 0.1) is 0 Å². The molecule has 0 aliphatic carbocycles. The van der Waals surface area contributed by atoms with Crippen LogP contribution in [0.15, 0.2) is 10.8 Å². The first-order chi connectivity index (χ1) is 7.82. The highest BCUT2D eigenvalue weighted by molar-refractivity contribution is 6.29. The van der Waals surface area contributed by atoms with Crippen molar-refractivity contribution >= 4 is 29.6 Å². The maximum Gasteiger partial charge on any atom is 0.408 e. The number of likely N-dealkylation sites (tertiary alicyclic amines) is 1. The first-order valence-electron chi connectivity index (χ1n) is 4.61. The van der Waals surface area contributed by atoms with Gasteiger partial charge in [-0.05, 0) is 11.6 Å². The smallest absolute Gasteiger partial charge is 0.408 e. The van der Waals surface area contributed by atoms with Gasteiger partial charge in [0.25, 0.3) is 0 Å². The number of carboxylic acid groups (broad SMARTS) is 2. The number of halogens is 1. The Morgan fingerprint density at radius 3 is 2.35 bits per heavy atom. The fraction of sp³-hybridized carbons (Fsp3) is 0.444. The zero-order chi connectivity index (χ0) is 13.2. The normalized spacial score (nSPS) is 22.2. The molecule has 8 heteroatoms. The highest BCUT2D eigenvalue weighted by Gasteiger charge is 2.38. The van der Waals surface area contributed by atoms with Crippen molar-refractivity contribution in [1.82, 2.24) is 4.90 Å². The van der Waals surface area contributed by atoms with Gasteiger partial charge < -0.3 is 14.9 Å². The van der Waals surface area contributed by atoms with Crippen LogP contribution in [0.1, 0.15) is 13.3 Å². The lowest BCUT2D eigenvalue weighted by Crippen LogP contribution is -2.39. The molecule has 0 bridgehead atoms. The number of carbonyl (C=O) groups is 3. The number of rotatable bonds is 2.